The van der Waals surface area contributed by atoms with Crippen LogP contribution >= 0.6 is 11.3 Å². The van der Waals surface area contributed by atoms with Gasteiger partial charge in [-0.3, -0.25) is 4.98 Å². The van der Waals surface area contributed by atoms with E-state index in [0.717, 1.165) is 31.8 Å². The van der Waals surface area contributed by atoms with Crippen molar-refractivity contribution in [3.05, 3.63) is 89.1 Å². The smallest absolute Gasteiger partial charge is 0.105 e. The van der Waals surface area contributed by atoms with Crippen molar-refractivity contribution in [2.24, 2.45) is 0 Å². The average molecular weight is 331 g/mol. The summed E-state index contributed by atoms with van der Waals surface area (Å²) in [6.07, 6.45) is 2.98. The zero-order valence-corrected chi connectivity index (χ0v) is 14.1. The quantitative estimate of drug-likeness (QED) is 0.549. The third kappa shape index (κ3) is 2.73. The van der Waals surface area contributed by atoms with E-state index in [9.17, 15) is 5.11 Å². The van der Waals surface area contributed by atoms with Crippen molar-refractivity contribution in [2.45, 2.75) is 13.0 Å². The second-order valence-corrected chi connectivity index (χ2v) is 7.12. The summed E-state index contributed by atoms with van der Waals surface area (Å²) in [6.45, 7) is 2.06. The van der Waals surface area contributed by atoms with E-state index in [-0.39, 0.29) is 0 Å². The van der Waals surface area contributed by atoms with Crippen LogP contribution in [0, 0.1) is 6.92 Å². The molecule has 0 amide bonds. The van der Waals surface area contributed by atoms with Crippen LogP contribution in [-0.4, -0.2) is 10.1 Å². The molecule has 1 unspecified atom stereocenters. The molecule has 2 heterocycles. The molecule has 3 heteroatoms. The Bertz CT molecular complexity index is 991. The Morgan fingerprint density at radius 1 is 0.917 bits per heavy atom. The molecule has 0 radical (unpaired) electrons. The van der Waals surface area contributed by atoms with E-state index < -0.39 is 6.10 Å². The maximum atomic E-state index is 10.9. The lowest BCUT2D eigenvalue weighted by Crippen LogP contribution is -1.99. The summed E-state index contributed by atoms with van der Waals surface area (Å²) < 4.78 is 0. The van der Waals surface area contributed by atoms with Crippen molar-refractivity contribution >= 4 is 22.1 Å². The van der Waals surface area contributed by atoms with Gasteiger partial charge < -0.3 is 5.11 Å². The third-order valence-corrected chi connectivity index (χ3v) is 5.42. The second kappa shape index (κ2) is 6.19. The van der Waals surface area contributed by atoms with Crippen molar-refractivity contribution in [1.82, 2.24) is 4.98 Å². The molecule has 0 aliphatic rings. The van der Waals surface area contributed by atoms with Gasteiger partial charge in [0.2, 0.25) is 0 Å². The van der Waals surface area contributed by atoms with E-state index in [2.05, 4.69) is 42.2 Å². The standard InChI is InChI=1S/C21H17NOS/c1-14-19(13-20(24-14)16-8-10-22-11-9-16)21(23)18-7-6-15-4-2-3-5-17(15)12-18/h2-13,21,23H,1H3. The maximum Gasteiger partial charge on any atom is 0.105 e. The fourth-order valence-electron chi connectivity index (χ4n) is 2.98. The Balaban J connectivity index is 1.73. The van der Waals surface area contributed by atoms with Gasteiger partial charge >= 0.3 is 0 Å². The Labute approximate surface area is 145 Å². The number of rotatable bonds is 3. The molecule has 0 spiro atoms. The summed E-state index contributed by atoms with van der Waals surface area (Å²) >= 11 is 1.71. The number of hydrogen-bond acceptors (Lipinski definition) is 3. The van der Waals surface area contributed by atoms with Gasteiger partial charge in [-0.2, -0.15) is 0 Å². The van der Waals surface area contributed by atoms with Crippen molar-refractivity contribution in [1.29, 1.82) is 0 Å². The molecule has 118 valence electrons. The molecule has 24 heavy (non-hydrogen) atoms. The highest BCUT2D eigenvalue weighted by atomic mass is 32.1. The molecule has 4 rings (SSSR count). The second-order valence-electron chi connectivity index (χ2n) is 5.87. The summed E-state index contributed by atoms with van der Waals surface area (Å²) in [6, 6.07) is 20.5. The molecule has 0 saturated carbocycles. The van der Waals surface area contributed by atoms with Crippen LogP contribution in [-0.2, 0) is 0 Å². The van der Waals surface area contributed by atoms with Crippen LogP contribution in [0.2, 0.25) is 0 Å². The summed E-state index contributed by atoms with van der Waals surface area (Å²) in [5, 5.41) is 13.2. The topological polar surface area (TPSA) is 33.1 Å². The molecule has 1 atom stereocenters. The number of thiophene rings is 1. The molecule has 0 aliphatic carbocycles. The van der Waals surface area contributed by atoms with Crippen LogP contribution in [0.4, 0.5) is 0 Å². The molecule has 1 N–H and O–H groups in total. The maximum absolute atomic E-state index is 10.9. The van der Waals surface area contributed by atoms with Gasteiger partial charge in [0.1, 0.15) is 6.10 Å². The molecular weight excluding hydrogens is 314 g/mol. The number of hydrogen-bond donors (Lipinski definition) is 1. The van der Waals surface area contributed by atoms with Gasteiger partial charge in [-0.05, 0) is 58.7 Å². The zero-order chi connectivity index (χ0) is 16.5. The van der Waals surface area contributed by atoms with Gasteiger partial charge in [0.15, 0.2) is 0 Å². The number of fused-ring (bicyclic) bond motifs is 1. The summed E-state index contributed by atoms with van der Waals surface area (Å²) in [5.41, 5.74) is 3.04. The first kappa shape index (κ1) is 15.1. The first-order valence-electron chi connectivity index (χ1n) is 7.90. The molecule has 0 aliphatic heterocycles. The van der Waals surface area contributed by atoms with Crippen LogP contribution in [0.3, 0.4) is 0 Å². The molecule has 0 saturated heterocycles. The fourth-order valence-corrected chi connectivity index (χ4v) is 4.04. The van der Waals surface area contributed by atoms with Crippen LogP contribution in [0.25, 0.3) is 21.2 Å². The van der Waals surface area contributed by atoms with E-state index in [1.165, 1.54) is 5.39 Å². The summed E-state index contributed by atoms with van der Waals surface area (Å²) in [7, 11) is 0. The number of aromatic nitrogens is 1. The van der Waals surface area contributed by atoms with Gasteiger partial charge in [-0.25, -0.2) is 0 Å². The van der Waals surface area contributed by atoms with Gasteiger partial charge in [-0.1, -0.05) is 36.4 Å². The normalized spacial score (nSPS) is 12.4. The first-order chi connectivity index (χ1) is 11.7. The summed E-state index contributed by atoms with van der Waals surface area (Å²) in [5.74, 6) is 0. The highest BCUT2D eigenvalue weighted by Crippen LogP contribution is 2.36. The lowest BCUT2D eigenvalue weighted by Gasteiger charge is -2.12. The van der Waals surface area contributed by atoms with E-state index in [1.807, 2.05) is 30.3 Å². The monoisotopic (exact) mass is 331 g/mol. The van der Waals surface area contributed by atoms with E-state index in [1.54, 1.807) is 23.7 Å². The highest BCUT2D eigenvalue weighted by molar-refractivity contribution is 7.15. The Morgan fingerprint density at radius 2 is 1.67 bits per heavy atom. The molecule has 0 fully saturated rings. The Morgan fingerprint density at radius 3 is 2.46 bits per heavy atom. The number of aliphatic hydroxyl groups is 1. The molecule has 2 aromatic carbocycles. The van der Waals surface area contributed by atoms with Crippen LogP contribution in [0.15, 0.2) is 73.1 Å². The molecule has 2 aromatic heterocycles. The third-order valence-electron chi connectivity index (χ3n) is 4.30. The van der Waals surface area contributed by atoms with Gasteiger partial charge in [-0.15, -0.1) is 11.3 Å². The molecule has 0 bridgehead atoms. The van der Waals surface area contributed by atoms with Crippen molar-refractivity contribution in [2.75, 3.05) is 0 Å². The van der Waals surface area contributed by atoms with Crippen molar-refractivity contribution < 1.29 is 5.11 Å². The number of aryl methyl sites for hydroxylation is 1. The lowest BCUT2D eigenvalue weighted by molar-refractivity contribution is 0.220. The number of benzene rings is 2. The molecule has 2 nitrogen and oxygen atoms in total. The van der Waals surface area contributed by atoms with E-state index in [0.29, 0.717) is 0 Å². The number of pyridine rings is 1. The minimum Gasteiger partial charge on any atom is -0.384 e. The largest absolute Gasteiger partial charge is 0.384 e. The lowest BCUT2D eigenvalue weighted by atomic mass is 9.98. The molecule has 4 aromatic rings. The number of nitrogens with zero attached hydrogens (tertiary/aromatic N) is 1. The fraction of sp³-hybridized carbons (Fsp3) is 0.0952. The number of aliphatic hydroxyl groups excluding tert-OH is 1. The first-order valence-corrected chi connectivity index (χ1v) is 8.71. The predicted molar refractivity (Wildman–Crippen MR) is 100 cm³/mol. The van der Waals surface area contributed by atoms with E-state index >= 15 is 0 Å². The van der Waals surface area contributed by atoms with Gasteiger partial charge in [0, 0.05) is 22.1 Å². The highest BCUT2D eigenvalue weighted by Gasteiger charge is 2.17. The van der Waals surface area contributed by atoms with Crippen molar-refractivity contribution in [3.8, 4) is 10.4 Å². The zero-order valence-electron chi connectivity index (χ0n) is 13.3. The SMILES string of the molecule is Cc1sc(-c2ccncc2)cc1C(O)c1ccc2ccccc2c1. The minimum atomic E-state index is -0.610. The summed E-state index contributed by atoms with van der Waals surface area (Å²) in [4.78, 5) is 6.37. The average Bonchev–Trinajstić information content (AvgIpc) is 3.03. The van der Waals surface area contributed by atoms with Crippen LogP contribution in [0.5, 0.6) is 0 Å². The molecular formula is C21H17NOS. The van der Waals surface area contributed by atoms with Crippen LogP contribution in [0.1, 0.15) is 22.1 Å². The Hall–Kier alpha value is -2.49. The minimum absolute atomic E-state index is 0.610. The van der Waals surface area contributed by atoms with Gasteiger partial charge in [0.05, 0.1) is 0 Å². The van der Waals surface area contributed by atoms with Crippen LogP contribution < -0.4 is 0 Å². The van der Waals surface area contributed by atoms with E-state index in [4.69, 9.17) is 0 Å². The predicted octanol–water partition coefficient (Wildman–Crippen LogP) is 5.35. The Kier molecular flexibility index (Phi) is 3.89. The van der Waals surface area contributed by atoms with Gasteiger partial charge in [0.25, 0.3) is 0 Å². The van der Waals surface area contributed by atoms with Crippen molar-refractivity contribution in [3.63, 3.8) is 0 Å².